The van der Waals surface area contributed by atoms with Crippen LogP contribution in [0.5, 0.6) is 0 Å². The zero-order chi connectivity index (χ0) is 20.9. The van der Waals surface area contributed by atoms with Crippen LogP contribution < -0.4 is 5.32 Å². The predicted molar refractivity (Wildman–Crippen MR) is 125 cm³/mol. The van der Waals surface area contributed by atoms with Crippen LogP contribution in [0.15, 0.2) is 72.8 Å². The molecular formula is C26H27ClN2O. The summed E-state index contributed by atoms with van der Waals surface area (Å²) in [6, 6.07) is 25.0. The van der Waals surface area contributed by atoms with Gasteiger partial charge in [0.1, 0.15) is 0 Å². The van der Waals surface area contributed by atoms with Crippen molar-refractivity contribution in [2.75, 3.05) is 18.4 Å². The quantitative estimate of drug-likeness (QED) is 0.506. The van der Waals surface area contributed by atoms with E-state index in [2.05, 4.69) is 52.7 Å². The van der Waals surface area contributed by atoms with E-state index in [4.69, 9.17) is 11.6 Å². The minimum Gasteiger partial charge on any atom is -0.326 e. The fraction of sp³-hybridized carbons (Fsp3) is 0.269. The summed E-state index contributed by atoms with van der Waals surface area (Å²) in [6.07, 6.45) is 1.64. The highest BCUT2D eigenvalue weighted by molar-refractivity contribution is 6.33. The fourth-order valence-corrected chi connectivity index (χ4v) is 4.38. The molecule has 1 aliphatic rings. The summed E-state index contributed by atoms with van der Waals surface area (Å²) in [5.74, 6) is 0.553. The van der Waals surface area contributed by atoms with Gasteiger partial charge in [0.2, 0.25) is 5.91 Å². The Balaban J connectivity index is 1.37. The van der Waals surface area contributed by atoms with E-state index in [9.17, 15) is 4.79 Å². The summed E-state index contributed by atoms with van der Waals surface area (Å²) in [6.45, 7) is 4.90. The molecule has 1 heterocycles. The lowest BCUT2D eigenvalue weighted by atomic mass is 9.95. The lowest BCUT2D eigenvalue weighted by molar-refractivity contribution is -0.115. The Hall–Kier alpha value is -2.62. The van der Waals surface area contributed by atoms with Crippen molar-refractivity contribution in [1.29, 1.82) is 0 Å². The first kappa shape index (κ1) is 20.6. The van der Waals surface area contributed by atoms with Crippen LogP contribution in [0.1, 0.15) is 36.8 Å². The van der Waals surface area contributed by atoms with Gasteiger partial charge in [0, 0.05) is 35.8 Å². The first-order valence-electron chi connectivity index (χ1n) is 10.6. The molecule has 4 heteroatoms. The highest BCUT2D eigenvalue weighted by atomic mass is 35.5. The van der Waals surface area contributed by atoms with Crippen molar-refractivity contribution in [3.8, 4) is 11.1 Å². The van der Waals surface area contributed by atoms with Crippen molar-refractivity contribution >= 4 is 23.2 Å². The Morgan fingerprint density at radius 1 is 1.07 bits per heavy atom. The average molecular weight is 419 g/mol. The predicted octanol–water partition coefficient (Wildman–Crippen LogP) is 6.35. The van der Waals surface area contributed by atoms with Crippen LogP contribution in [0, 0.1) is 0 Å². The number of amides is 1. The lowest BCUT2D eigenvalue weighted by Crippen LogP contribution is -2.19. The standard InChI is InChI=1S/C26H27ClN2O/c1-2-26(30)28-23-11-8-19(9-12-23)17-29-15-14-22(18-29)21-10-13-24(25(27)16-21)20-6-4-3-5-7-20/h3-13,16,22H,2,14-15,17-18H2,1H3,(H,28,30). The van der Waals surface area contributed by atoms with Crippen LogP contribution in [0.3, 0.4) is 0 Å². The molecule has 1 N–H and O–H groups in total. The number of hydrogen-bond acceptors (Lipinski definition) is 2. The van der Waals surface area contributed by atoms with Crippen molar-refractivity contribution in [2.45, 2.75) is 32.2 Å². The first-order valence-corrected chi connectivity index (χ1v) is 11.0. The third kappa shape index (κ3) is 4.92. The number of rotatable bonds is 6. The molecule has 1 unspecified atom stereocenters. The molecule has 3 aromatic rings. The lowest BCUT2D eigenvalue weighted by Gasteiger charge is -2.17. The maximum Gasteiger partial charge on any atom is 0.224 e. The van der Waals surface area contributed by atoms with E-state index < -0.39 is 0 Å². The van der Waals surface area contributed by atoms with E-state index in [0.29, 0.717) is 12.3 Å². The minimum absolute atomic E-state index is 0.0436. The number of benzene rings is 3. The molecule has 1 atom stereocenters. The Morgan fingerprint density at radius 3 is 2.53 bits per heavy atom. The molecule has 30 heavy (non-hydrogen) atoms. The summed E-state index contributed by atoms with van der Waals surface area (Å²) in [7, 11) is 0. The third-order valence-corrected chi connectivity index (χ3v) is 6.10. The highest BCUT2D eigenvalue weighted by Gasteiger charge is 2.24. The molecule has 4 rings (SSSR count). The molecular weight excluding hydrogens is 392 g/mol. The van der Waals surface area contributed by atoms with Gasteiger partial charge in [0.25, 0.3) is 0 Å². The topological polar surface area (TPSA) is 32.3 Å². The van der Waals surface area contributed by atoms with E-state index in [0.717, 1.165) is 47.9 Å². The zero-order valence-corrected chi connectivity index (χ0v) is 18.0. The SMILES string of the molecule is CCC(=O)Nc1ccc(CN2CCC(c3ccc(-c4ccccc4)c(Cl)c3)C2)cc1. The molecule has 1 saturated heterocycles. The van der Waals surface area contributed by atoms with Crippen molar-refractivity contribution < 1.29 is 4.79 Å². The molecule has 1 fully saturated rings. The molecule has 3 aromatic carbocycles. The summed E-state index contributed by atoms with van der Waals surface area (Å²) < 4.78 is 0. The van der Waals surface area contributed by atoms with Crippen LogP contribution >= 0.6 is 11.6 Å². The fourth-order valence-electron chi connectivity index (χ4n) is 4.09. The number of hydrogen-bond donors (Lipinski definition) is 1. The van der Waals surface area contributed by atoms with Gasteiger partial charge in [-0.2, -0.15) is 0 Å². The second kappa shape index (κ2) is 9.46. The normalized spacial score (nSPS) is 16.5. The molecule has 0 aromatic heterocycles. The van der Waals surface area contributed by atoms with E-state index in [1.807, 2.05) is 37.3 Å². The van der Waals surface area contributed by atoms with Crippen molar-refractivity contribution in [3.63, 3.8) is 0 Å². The van der Waals surface area contributed by atoms with Crippen molar-refractivity contribution in [1.82, 2.24) is 4.90 Å². The molecule has 0 bridgehead atoms. The number of carbonyl (C=O) groups is 1. The number of nitrogens with zero attached hydrogens (tertiary/aromatic N) is 1. The number of anilines is 1. The van der Waals surface area contributed by atoms with Gasteiger partial charge in [-0.05, 0) is 53.8 Å². The van der Waals surface area contributed by atoms with Crippen LogP contribution in [0.25, 0.3) is 11.1 Å². The van der Waals surface area contributed by atoms with Crippen LogP contribution in [0.4, 0.5) is 5.69 Å². The number of halogens is 1. The van der Waals surface area contributed by atoms with E-state index in [-0.39, 0.29) is 5.91 Å². The molecule has 154 valence electrons. The number of likely N-dealkylation sites (tertiary alicyclic amines) is 1. The van der Waals surface area contributed by atoms with Gasteiger partial charge in [0.05, 0.1) is 0 Å². The molecule has 0 radical (unpaired) electrons. The van der Waals surface area contributed by atoms with Gasteiger partial charge < -0.3 is 5.32 Å². The van der Waals surface area contributed by atoms with Crippen LogP contribution in [-0.4, -0.2) is 23.9 Å². The molecule has 0 spiro atoms. The smallest absolute Gasteiger partial charge is 0.224 e. The first-order chi connectivity index (χ1) is 14.6. The van der Waals surface area contributed by atoms with Gasteiger partial charge in [-0.25, -0.2) is 0 Å². The van der Waals surface area contributed by atoms with Gasteiger partial charge in [0.15, 0.2) is 0 Å². The van der Waals surface area contributed by atoms with E-state index in [1.54, 1.807) is 0 Å². The summed E-state index contributed by atoms with van der Waals surface area (Å²) >= 11 is 6.63. The second-order valence-corrected chi connectivity index (χ2v) is 8.33. The Kier molecular flexibility index (Phi) is 6.51. The summed E-state index contributed by atoms with van der Waals surface area (Å²) in [5.41, 5.74) is 5.69. The maximum absolute atomic E-state index is 11.5. The van der Waals surface area contributed by atoms with Gasteiger partial charge in [-0.1, -0.05) is 73.1 Å². The van der Waals surface area contributed by atoms with Crippen molar-refractivity contribution in [2.24, 2.45) is 0 Å². The monoisotopic (exact) mass is 418 g/mol. The largest absolute Gasteiger partial charge is 0.326 e. The minimum atomic E-state index is 0.0436. The van der Waals surface area contributed by atoms with Crippen LogP contribution in [0.2, 0.25) is 5.02 Å². The Bertz CT molecular complexity index is 1000. The van der Waals surface area contributed by atoms with Gasteiger partial charge in [-0.3, -0.25) is 9.69 Å². The van der Waals surface area contributed by atoms with Crippen molar-refractivity contribution in [3.05, 3.63) is 88.9 Å². The number of nitrogens with one attached hydrogen (secondary N) is 1. The molecule has 1 amide bonds. The number of carbonyl (C=O) groups excluding carboxylic acids is 1. The van der Waals surface area contributed by atoms with Gasteiger partial charge >= 0.3 is 0 Å². The average Bonchev–Trinajstić information content (AvgIpc) is 3.24. The van der Waals surface area contributed by atoms with E-state index in [1.165, 1.54) is 11.1 Å². The second-order valence-electron chi connectivity index (χ2n) is 7.92. The third-order valence-electron chi connectivity index (χ3n) is 5.79. The molecule has 0 aliphatic carbocycles. The zero-order valence-electron chi connectivity index (χ0n) is 17.3. The Labute approximate surface area is 183 Å². The Morgan fingerprint density at radius 2 is 1.83 bits per heavy atom. The summed E-state index contributed by atoms with van der Waals surface area (Å²) in [4.78, 5) is 14.0. The van der Waals surface area contributed by atoms with E-state index >= 15 is 0 Å². The maximum atomic E-state index is 11.5. The van der Waals surface area contributed by atoms with Crippen LogP contribution in [-0.2, 0) is 11.3 Å². The summed E-state index contributed by atoms with van der Waals surface area (Å²) in [5, 5.41) is 3.72. The molecule has 0 saturated carbocycles. The molecule has 3 nitrogen and oxygen atoms in total. The molecule has 1 aliphatic heterocycles. The highest BCUT2D eigenvalue weighted by Crippen LogP contribution is 2.34. The van der Waals surface area contributed by atoms with Gasteiger partial charge in [-0.15, -0.1) is 0 Å².